The highest BCUT2D eigenvalue weighted by molar-refractivity contribution is 7.99. The average Bonchev–Trinajstić information content (AvgIpc) is 3.17. The van der Waals surface area contributed by atoms with E-state index in [4.69, 9.17) is 11.6 Å². The summed E-state index contributed by atoms with van der Waals surface area (Å²) >= 11 is 7.36. The van der Waals surface area contributed by atoms with Crippen molar-refractivity contribution in [2.45, 2.75) is 11.6 Å². The first kappa shape index (κ1) is 18.7. The van der Waals surface area contributed by atoms with Gasteiger partial charge in [0.2, 0.25) is 11.8 Å². The van der Waals surface area contributed by atoms with Gasteiger partial charge in [-0.1, -0.05) is 47.6 Å². The third-order valence-corrected chi connectivity index (χ3v) is 5.76. The van der Waals surface area contributed by atoms with Gasteiger partial charge in [0, 0.05) is 17.8 Å². The van der Waals surface area contributed by atoms with E-state index in [1.807, 2.05) is 59.3 Å². The molecule has 0 saturated carbocycles. The van der Waals surface area contributed by atoms with Crippen LogP contribution in [0.15, 0.2) is 71.9 Å². The summed E-state index contributed by atoms with van der Waals surface area (Å²) < 4.78 is 2.05. The van der Waals surface area contributed by atoms with Gasteiger partial charge in [-0.25, -0.2) is 0 Å². The normalized spacial score (nSPS) is 13.3. The van der Waals surface area contributed by atoms with Gasteiger partial charge in [0.25, 0.3) is 0 Å². The number of fused-ring (bicyclic) bond motifs is 3. The minimum Gasteiger partial charge on any atom is -0.350 e. The zero-order chi connectivity index (χ0) is 19.5. The summed E-state index contributed by atoms with van der Waals surface area (Å²) in [5.74, 6) is -0.0223. The molecular weight excluding hydrogens is 394 g/mol. The van der Waals surface area contributed by atoms with Crippen LogP contribution in [0.25, 0.3) is 5.69 Å². The van der Waals surface area contributed by atoms with E-state index in [2.05, 4.69) is 5.32 Å². The summed E-state index contributed by atoms with van der Waals surface area (Å²) in [6.45, 7) is 0.358. The smallest absolute Gasteiger partial charge is 0.240 e. The predicted octanol–water partition coefficient (Wildman–Crippen LogP) is 3.89. The van der Waals surface area contributed by atoms with Crippen LogP contribution in [-0.2, 0) is 16.1 Å². The summed E-state index contributed by atoms with van der Waals surface area (Å²) in [6.07, 6.45) is 1.97. The number of rotatable bonds is 4. The third-order valence-electron chi connectivity index (χ3n) is 4.49. The Labute approximate surface area is 172 Å². The zero-order valence-electron chi connectivity index (χ0n) is 15.0. The molecule has 5 nitrogen and oxygen atoms in total. The Kier molecular flexibility index (Phi) is 5.41. The van der Waals surface area contributed by atoms with Gasteiger partial charge in [-0.3, -0.25) is 9.59 Å². The van der Waals surface area contributed by atoms with Crippen LogP contribution in [0, 0.1) is 0 Å². The van der Waals surface area contributed by atoms with E-state index >= 15 is 0 Å². The summed E-state index contributed by atoms with van der Waals surface area (Å²) in [7, 11) is 0. The molecule has 1 aliphatic rings. The van der Waals surface area contributed by atoms with Crippen LogP contribution >= 0.6 is 23.4 Å². The number of thioether (sulfide) groups is 1. The van der Waals surface area contributed by atoms with Gasteiger partial charge in [0.1, 0.15) is 6.54 Å². The number of nitrogens with one attached hydrogen (secondary N) is 1. The van der Waals surface area contributed by atoms with Crippen molar-refractivity contribution in [3.05, 3.63) is 77.4 Å². The van der Waals surface area contributed by atoms with Crippen LogP contribution in [0.2, 0.25) is 5.02 Å². The van der Waals surface area contributed by atoms with Crippen molar-refractivity contribution in [1.82, 2.24) is 9.88 Å². The van der Waals surface area contributed by atoms with Crippen LogP contribution < -0.4 is 10.2 Å². The molecule has 0 atom stereocenters. The quantitative estimate of drug-likeness (QED) is 0.708. The number of amides is 2. The summed E-state index contributed by atoms with van der Waals surface area (Å²) in [5.41, 5.74) is 2.56. The van der Waals surface area contributed by atoms with Crippen LogP contribution in [0.5, 0.6) is 0 Å². The molecule has 0 spiro atoms. The minimum absolute atomic E-state index is 0.0272. The van der Waals surface area contributed by atoms with Crippen LogP contribution in [0.3, 0.4) is 0 Å². The van der Waals surface area contributed by atoms with Gasteiger partial charge in [-0.15, -0.1) is 0 Å². The molecule has 2 amide bonds. The lowest BCUT2D eigenvalue weighted by Gasteiger charge is -2.27. The second kappa shape index (κ2) is 8.12. The third kappa shape index (κ3) is 3.93. The van der Waals surface area contributed by atoms with Crippen molar-refractivity contribution in [2.24, 2.45) is 0 Å². The molecule has 0 fully saturated rings. The van der Waals surface area contributed by atoms with Crippen molar-refractivity contribution in [1.29, 1.82) is 0 Å². The van der Waals surface area contributed by atoms with Crippen molar-refractivity contribution >= 4 is 40.9 Å². The maximum atomic E-state index is 12.8. The molecule has 1 aromatic heterocycles. The van der Waals surface area contributed by atoms with E-state index in [1.165, 1.54) is 11.8 Å². The van der Waals surface area contributed by atoms with Crippen molar-refractivity contribution in [2.75, 3.05) is 17.2 Å². The number of aromatic nitrogens is 1. The van der Waals surface area contributed by atoms with Gasteiger partial charge >= 0.3 is 0 Å². The van der Waals surface area contributed by atoms with Crippen molar-refractivity contribution in [3.63, 3.8) is 0 Å². The van der Waals surface area contributed by atoms with E-state index in [9.17, 15) is 9.59 Å². The van der Waals surface area contributed by atoms with Gasteiger partial charge in [0.15, 0.2) is 0 Å². The second-order valence-corrected chi connectivity index (χ2v) is 7.81. The monoisotopic (exact) mass is 411 g/mol. The number of hydrogen-bond donors (Lipinski definition) is 1. The van der Waals surface area contributed by atoms with Gasteiger partial charge in [-0.05, 0) is 42.0 Å². The Balaban J connectivity index is 1.54. The molecule has 0 aliphatic carbocycles. The molecule has 0 bridgehead atoms. The molecule has 142 valence electrons. The van der Waals surface area contributed by atoms with E-state index in [0.717, 1.165) is 22.0 Å². The van der Waals surface area contributed by atoms with E-state index in [-0.39, 0.29) is 24.1 Å². The Bertz CT molecular complexity index is 1020. The number of para-hydroxylation sites is 2. The number of anilines is 1. The molecule has 1 N–H and O–H groups in total. The number of halogens is 1. The molecule has 2 aromatic carbocycles. The highest BCUT2D eigenvalue weighted by Gasteiger charge is 2.25. The number of benzene rings is 2. The molecule has 0 radical (unpaired) electrons. The van der Waals surface area contributed by atoms with Crippen LogP contribution in [0.4, 0.5) is 5.69 Å². The fourth-order valence-corrected chi connectivity index (χ4v) is 4.13. The van der Waals surface area contributed by atoms with Crippen LogP contribution in [-0.4, -0.2) is 28.7 Å². The highest BCUT2D eigenvalue weighted by atomic mass is 35.5. The Morgan fingerprint density at radius 3 is 2.57 bits per heavy atom. The number of nitrogens with zero attached hydrogens (tertiary/aromatic N) is 2. The molecule has 0 saturated heterocycles. The Hall–Kier alpha value is -2.70. The molecule has 4 rings (SSSR count). The highest BCUT2D eigenvalue weighted by Crippen LogP contribution is 2.32. The van der Waals surface area contributed by atoms with E-state index < -0.39 is 0 Å². The molecule has 1 aliphatic heterocycles. The molecular formula is C21H18ClN3O2S. The summed E-state index contributed by atoms with van der Waals surface area (Å²) in [6, 6.07) is 18.9. The average molecular weight is 412 g/mol. The first-order valence-electron chi connectivity index (χ1n) is 8.83. The molecule has 3 aromatic rings. The fourth-order valence-electron chi connectivity index (χ4n) is 3.10. The number of carbonyl (C=O) groups excluding carboxylic acids is 2. The van der Waals surface area contributed by atoms with Gasteiger partial charge in [-0.2, -0.15) is 0 Å². The van der Waals surface area contributed by atoms with E-state index in [0.29, 0.717) is 11.6 Å². The number of hydrogen-bond acceptors (Lipinski definition) is 3. The molecule has 7 heteroatoms. The Morgan fingerprint density at radius 2 is 1.79 bits per heavy atom. The molecule has 28 heavy (non-hydrogen) atoms. The first-order chi connectivity index (χ1) is 13.6. The maximum absolute atomic E-state index is 12.8. The lowest BCUT2D eigenvalue weighted by atomic mass is 10.2. The molecule has 2 heterocycles. The molecule has 0 unspecified atom stereocenters. The lowest BCUT2D eigenvalue weighted by molar-refractivity contribution is -0.123. The lowest BCUT2D eigenvalue weighted by Crippen LogP contribution is -2.42. The maximum Gasteiger partial charge on any atom is 0.240 e. The summed E-state index contributed by atoms with van der Waals surface area (Å²) in [5, 5.41) is 4.54. The minimum atomic E-state index is -0.212. The SMILES string of the molecule is O=C(CN1C(=O)CSc2cccn2-c2ccccc21)NCc1ccc(Cl)cc1. The van der Waals surface area contributed by atoms with Gasteiger partial charge < -0.3 is 14.8 Å². The first-order valence-corrected chi connectivity index (χ1v) is 10.2. The zero-order valence-corrected chi connectivity index (χ0v) is 16.5. The van der Waals surface area contributed by atoms with Gasteiger partial charge in [0.05, 0.1) is 22.2 Å². The largest absolute Gasteiger partial charge is 0.350 e. The Morgan fingerprint density at radius 1 is 1.04 bits per heavy atom. The predicted molar refractivity (Wildman–Crippen MR) is 112 cm³/mol. The van der Waals surface area contributed by atoms with Crippen molar-refractivity contribution < 1.29 is 9.59 Å². The standard InChI is InChI=1S/C21H18ClN3O2S/c22-16-9-7-15(8-10-16)12-23-19(26)13-25-18-5-2-1-4-17(18)24-11-3-6-21(24)28-14-20(25)27/h1-11H,12-14H2,(H,23,26). The second-order valence-electron chi connectivity index (χ2n) is 6.38. The summed E-state index contributed by atoms with van der Waals surface area (Å²) in [4.78, 5) is 26.9. The van der Waals surface area contributed by atoms with Crippen LogP contribution in [0.1, 0.15) is 5.56 Å². The number of carbonyl (C=O) groups is 2. The van der Waals surface area contributed by atoms with E-state index in [1.54, 1.807) is 17.0 Å². The fraction of sp³-hybridized carbons (Fsp3) is 0.143. The topological polar surface area (TPSA) is 54.3 Å². The van der Waals surface area contributed by atoms with Crippen molar-refractivity contribution in [3.8, 4) is 5.69 Å².